The van der Waals surface area contributed by atoms with Gasteiger partial charge >= 0.3 is 0 Å². The van der Waals surface area contributed by atoms with Gasteiger partial charge in [0.1, 0.15) is 0 Å². The fourth-order valence-electron chi connectivity index (χ4n) is 2.38. The normalized spacial score (nSPS) is 12.8. The Balaban J connectivity index is 1.52. The second kappa shape index (κ2) is 7.52. The quantitative estimate of drug-likeness (QED) is 0.374. The summed E-state index contributed by atoms with van der Waals surface area (Å²) in [6, 6.07) is 12.2. The Kier molecular flexibility index (Phi) is 4.98. The molecule has 2 aromatic carbocycles. The lowest BCUT2D eigenvalue weighted by Crippen LogP contribution is -2.36. The molecule has 0 radical (unpaired) electrons. The standard InChI is InChI=1S/C17H18N4O4/c1-18-17(19-9-12-2-5-14(6-3-12)21(22)23)20-10-13-4-7-15-16(8-13)25-11-24-15/h2-8H,9-11H2,1H3,(H2,18,19,20). The fourth-order valence-corrected chi connectivity index (χ4v) is 2.38. The summed E-state index contributed by atoms with van der Waals surface area (Å²) in [7, 11) is 1.69. The summed E-state index contributed by atoms with van der Waals surface area (Å²) in [6.45, 7) is 1.35. The van der Waals surface area contributed by atoms with E-state index in [1.54, 1.807) is 19.2 Å². The van der Waals surface area contributed by atoms with E-state index in [0.29, 0.717) is 19.0 Å². The van der Waals surface area contributed by atoms with E-state index in [4.69, 9.17) is 9.47 Å². The fraction of sp³-hybridized carbons (Fsp3) is 0.235. The number of fused-ring (bicyclic) bond motifs is 1. The van der Waals surface area contributed by atoms with Gasteiger partial charge in [0.25, 0.3) is 5.69 Å². The summed E-state index contributed by atoms with van der Waals surface area (Å²) in [4.78, 5) is 14.4. The highest BCUT2D eigenvalue weighted by Gasteiger charge is 2.13. The first-order chi connectivity index (χ1) is 12.2. The summed E-state index contributed by atoms with van der Waals surface area (Å²) in [5, 5.41) is 17.0. The van der Waals surface area contributed by atoms with Crippen molar-refractivity contribution in [2.24, 2.45) is 4.99 Å². The minimum atomic E-state index is -0.414. The molecule has 0 amide bonds. The molecular weight excluding hydrogens is 324 g/mol. The van der Waals surface area contributed by atoms with Gasteiger partial charge in [-0.1, -0.05) is 18.2 Å². The SMILES string of the molecule is CN=C(NCc1ccc([N+](=O)[O-])cc1)NCc1ccc2c(c1)OCO2. The van der Waals surface area contributed by atoms with Crippen LogP contribution in [0.15, 0.2) is 47.5 Å². The lowest BCUT2D eigenvalue weighted by Gasteiger charge is -2.12. The van der Waals surface area contributed by atoms with E-state index in [0.717, 1.165) is 22.6 Å². The van der Waals surface area contributed by atoms with Gasteiger partial charge < -0.3 is 20.1 Å². The number of benzene rings is 2. The smallest absolute Gasteiger partial charge is 0.269 e. The number of nitrogens with one attached hydrogen (secondary N) is 2. The number of nitro groups is 1. The number of rotatable bonds is 5. The number of aliphatic imine (C=N–C) groups is 1. The Morgan fingerprint density at radius 2 is 1.72 bits per heavy atom. The topological polar surface area (TPSA) is 98.0 Å². The lowest BCUT2D eigenvalue weighted by atomic mass is 10.2. The average molecular weight is 342 g/mol. The minimum absolute atomic E-state index is 0.0778. The molecule has 8 heteroatoms. The molecule has 0 aliphatic carbocycles. The third kappa shape index (κ3) is 4.17. The van der Waals surface area contributed by atoms with Crippen LogP contribution < -0.4 is 20.1 Å². The molecule has 1 aliphatic heterocycles. The summed E-state index contributed by atoms with van der Waals surface area (Å²) in [5.41, 5.74) is 2.05. The van der Waals surface area contributed by atoms with Gasteiger partial charge in [0.2, 0.25) is 6.79 Å². The van der Waals surface area contributed by atoms with Crippen molar-refractivity contribution in [1.29, 1.82) is 0 Å². The predicted octanol–water partition coefficient (Wildman–Crippen LogP) is 2.19. The van der Waals surface area contributed by atoms with Crippen molar-refractivity contribution in [2.45, 2.75) is 13.1 Å². The van der Waals surface area contributed by atoms with E-state index in [1.807, 2.05) is 18.2 Å². The molecule has 3 rings (SSSR count). The third-order valence-electron chi connectivity index (χ3n) is 3.73. The maximum atomic E-state index is 10.7. The van der Waals surface area contributed by atoms with Crippen LogP contribution in [0.5, 0.6) is 11.5 Å². The van der Waals surface area contributed by atoms with E-state index in [2.05, 4.69) is 15.6 Å². The van der Waals surface area contributed by atoms with Crippen molar-refractivity contribution in [2.75, 3.05) is 13.8 Å². The van der Waals surface area contributed by atoms with Crippen molar-refractivity contribution in [3.63, 3.8) is 0 Å². The molecule has 0 unspecified atom stereocenters. The molecule has 0 saturated carbocycles. The molecule has 130 valence electrons. The van der Waals surface area contributed by atoms with Crippen molar-refractivity contribution in [3.05, 3.63) is 63.7 Å². The molecule has 0 spiro atoms. The van der Waals surface area contributed by atoms with Gasteiger partial charge in [-0.05, 0) is 23.3 Å². The van der Waals surface area contributed by atoms with Crippen molar-refractivity contribution < 1.29 is 14.4 Å². The molecular formula is C17H18N4O4. The van der Waals surface area contributed by atoms with E-state index in [1.165, 1.54) is 12.1 Å². The second-order valence-electron chi connectivity index (χ2n) is 5.39. The molecule has 1 aliphatic rings. The number of guanidine groups is 1. The van der Waals surface area contributed by atoms with Crippen molar-refractivity contribution in [1.82, 2.24) is 10.6 Å². The first-order valence-corrected chi connectivity index (χ1v) is 7.72. The van der Waals surface area contributed by atoms with Gasteiger partial charge in [0, 0.05) is 32.3 Å². The van der Waals surface area contributed by atoms with Crippen LogP contribution in [-0.4, -0.2) is 24.7 Å². The zero-order valence-corrected chi connectivity index (χ0v) is 13.7. The van der Waals surface area contributed by atoms with Crippen LogP contribution in [0.4, 0.5) is 5.69 Å². The van der Waals surface area contributed by atoms with Crippen LogP contribution in [0.25, 0.3) is 0 Å². The average Bonchev–Trinajstić information content (AvgIpc) is 3.10. The summed E-state index contributed by atoms with van der Waals surface area (Å²) in [5.74, 6) is 2.13. The van der Waals surface area contributed by atoms with E-state index in [9.17, 15) is 10.1 Å². The van der Waals surface area contributed by atoms with Crippen LogP contribution in [0, 0.1) is 10.1 Å². The Morgan fingerprint density at radius 1 is 1.08 bits per heavy atom. The monoisotopic (exact) mass is 342 g/mol. The zero-order chi connectivity index (χ0) is 17.6. The highest BCUT2D eigenvalue weighted by molar-refractivity contribution is 5.79. The zero-order valence-electron chi connectivity index (χ0n) is 13.7. The van der Waals surface area contributed by atoms with E-state index < -0.39 is 4.92 Å². The number of non-ortho nitro benzene ring substituents is 1. The molecule has 2 N–H and O–H groups in total. The number of nitro benzene ring substituents is 1. The molecule has 2 aromatic rings. The Bertz CT molecular complexity index is 790. The van der Waals surface area contributed by atoms with E-state index in [-0.39, 0.29) is 12.5 Å². The number of nitrogens with zero attached hydrogens (tertiary/aromatic N) is 2. The van der Waals surface area contributed by atoms with Gasteiger partial charge in [0.05, 0.1) is 4.92 Å². The first-order valence-electron chi connectivity index (χ1n) is 7.72. The highest BCUT2D eigenvalue weighted by atomic mass is 16.7. The van der Waals surface area contributed by atoms with Crippen LogP contribution in [0.1, 0.15) is 11.1 Å². The minimum Gasteiger partial charge on any atom is -0.454 e. The van der Waals surface area contributed by atoms with E-state index >= 15 is 0 Å². The Hall–Kier alpha value is -3.29. The third-order valence-corrected chi connectivity index (χ3v) is 3.73. The number of hydrogen-bond donors (Lipinski definition) is 2. The lowest BCUT2D eigenvalue weighted by molar-refractivity contribution is -0.384. The van der Waals surface area contributed by atoms with Crippen LogP contribution in [-0.2, 0) is 13.1 Å². The molecule has 1 heterocycles. The molecule has 0 bridgehead atoms. The molecule has 0 saturated heterocycles. The highest BCUT2D eigenvalue weighted by Crippen LogP contribution is 2.32. The van der Waals surface area contributed by atoms with Gasteiger partial charge in [-0.15, -0.1) is 0 Å². The first kappa shape index (κ1) is 16.6. The molecule has 8 nitrogen and oxygen atoms in total. The molecule has 25 heavy (non-hydrogen) atoms. The van der Waals surface area contributed by atoms with Crippen LogP contribution in [0.2, 0.25) is 0 Å². The van der Waals surface area contributed by atoms with Crippen LogP contribution in [0.3, 0.4) is 0 Å². The molecule has 0 fully saturated rings. The van der Waals surface area contributed by atoms with Gasteiger partial charge in [0.15, 0.2) is 17.5 Å². The number of hydrogen-bond acceptors (Lipinski definition) is 5. The van der Waals surface area contributed by atoms with Gasteiger partial charge in [-0.25, -0.2) is 0 Å². The predicted molar refractivity (Wildman–Crippen MR) is 92.7 cm³/mol. The summed E-state index contributed by atoms with van der Waals surface area (Å²) < 4.78 is 10.7. The Labute approximate surface area is 144 Å². The van der Waals surface area contributed by atoms with Crippen molar-refractivity contribution in [3.8, 4) is 11.5 Å². The van der Waals surface area contributed by atoms with Gasteiger partial charge in [-0.3, -0.25) is 15.1 Å². The maximum Gasteiger partial charge on any atom is 0.269 e. The maximum absolute atomic E-state index is 10.7. The second-order valence-corrected chi connectivity index (χ2v) is 5.39. The summed E-state index contributed by atoms with van der Waals surface area (Å²) >= 11 is 0. The Morgan fingerprint density at radius 3 is 2.40 bits per heavy atom. The molecule has 0 atom stereocenters. The summed E-state index contributed by atoms with van der Waals surface area (Å²) in [6.07, 6.45) is 0. The largest absolute Gasteiger partial charge is 0.454 e. The number of ether oxygens (including phenoxy) is 2. The van der Waals surface area contributed by atoms with Gasteiger partial charge in [-0.2, -0.15) is 0 Å². The van der Waals surface area contributed by atoms with Crippen molar-refractivity contribution >= 4 is 11.6 Å². The molecule has 0 aromatic heterocycles. The van der Waals surface area contributed by atoms with Crippen LogP contribution >= 0.6 is 0 Å².